The fourth-order valence-electron chi connectivity index (χ4n) is 4.10. The van der Waals surface area contributed by atoms with Crippen molar-refractivity contribution in [3.63, 3.8) is 0 Å². The second-order valence-electron chi connectivity index (χ2n) is 7.26. The van der Waals surface area contributed by atoms with E-state index < -0.39 is 0 Å². The lowest BCUT2D eigenvalue weighted by Gasteiger charge is -2.42. The van der Waals surface area contributed by atoms with Crippen LogP contribution in [0, 0.1) is 11.3 Å². The van der Waals surface area contributed by atoms with Crippen LogP contribution in [0.15, 0.2) is 0 Å². The van der Waals surface area contributed by atoms with Crippen LogP contribution in [0.25, 0.3) is 0 Å². The van der Waals surface area contributed by atoms with Gasteiger partial charge in [0.25, 0.3) is 0 Å². The monoisotopic (exact) mass is 282 g/mol. The predicted molar refractivity (Wildman–Crippen MR) is 84.9 cm³/mol. The van der Waals surface area contributed by atoms with Crippen molar-refractivity contribution in [2.45, 2.75) is 64.9 Å². The minimum Gasteiger partial charge on any atom is -0.393 e. The number of hydrogen-bond acceptors (Lipinski definition) is 3. The average molecular weight is 282 g/mol. The largest absolute Gasteiger partial charge is 0.393 e. The first kappa shape index (κ1) is 16.3. The van der Waals surface area contributed by atoms with Gasteiger partial charge in [0, 0.05) is 26.2 Å². The summed E-state index contributed by atoms with van der Waals surface area (Å²) in [5.74, 6) is 0.436. The van der Waals surface area contributed by atoms with Crippen molar-refractivity contribution in [3.05, 3.63) is 0 Å². The van der Waals surface area contributed by atoms with Crippen LogP contribution in [0.5, 0.6) is 0 Å². The molecule has 0 radical (unpaired) electrons. The second-order valence-corrected chi connectivity index (χ2v) is 7.26. The summed E-state index contributed by atoms with van der Waals surface area (Å²) in [4.78, 5) is 2.63. The molecule has 2 unspecified atom stereocenters. The van der Waals surface area contributed by atoms with Crippen LogP contribution < -0.4 is 5.32 Å². The Morgan fingerprint density at radius 3 is 2.50 bits per heavy atom. The molecule has 0 aromatic heterocycles. The second kappa shape index (κ2) is 7.77. The highest BCUT2D eigenvalue weighted by Crippen LogP contribution is 2.36. The van der Waals surface area contributed by atoms with Crippen molar-refractivity contribution in [3.8, 4) is 0 Å². The Morgan fingerprint density at radius 2 is 1.90 bits per heavy atom. The number of likely N-dealkylation sites (tertiary alicyclic amines) is 1. The molecule has 3 nitrogen and oxygen atoms in total. The van der Waals surface area contributed by atoms with Crippen molar-refractivity contribution in [1.29, 1.82) is 0 Å². The van der Waals surface area contributed by atoms with E-state index in [1.54, 1.807) is 0 Å². The van der Waals surface area contributed by atoms with Crippen molar-refractivity contribution >= 4 is 0 Å². The van der Waals surface area contributed by atoms with Crippen molar-refractivity contribution in [2.75, 3.05) is 32.7 Å². The minimum absolute atomic E-state index is 0.0786. The quantitative estimate of drug-likeness (QED) is 0.761. The zero-order valence-electron chi connectivity index (χ0n) is 13.5. The highest BCUT2D eigenvalue weighted by Gasteiger charge is 2.34. The Labute approximate surface area is 125 Å². The lowest BCUT2D eigenvalue weighted by atomic mass is 9.79. The molecular formula is C17H34N2O. The van der Waals surface area contributed by atoms with Gasteiger partial charge >= 0.3 is 0 Å². The third-order valence-corrected chi connectivity index (χ3v) is 5.42. The van der Waals surface area contributed by atoms with E-state index in [4.69, 9.17) is 0 Å². The number of nitrogens with one attached hydrogen (secondary N) is 1. The van der Waals surface area contributed by atoms with Crippen molar-refractivity contribution in [1.82, 2.24) is 10.2 Å². The molecule has 2 atom stereocenters. The first-order valence-corrected chi connectivity index (χ1v) is 8.76. The number of aliphatic hydroxyl groups excluding tert-OH is 1. The average Bonchev–Trinajstić information content (AvgIpc) is 2.67. The molecule has 0 spiro atoms. The Hall–Kier alpha value is -0.120. The molecule has 2 aliphatic rings. The van der Waals surface area contributed by atoms with Gasteiger partial charge in [-0.2, -0.15) is 0 Å². The first-order chi connectivity index (χ1) is 9.65. The highest BCUT2D eigenvalue weighted by atomic mass is 16.3. The standard InChI is InChI=1S/C17H34N2O/c1-3-18-13-17(9-6-4-5-7-10-17)14-19-11-8-16(20)15(2)12-19/h15-16,18,20H,3-14H2,1-2H3. The van der Waals surface area contributed by atoms with Crippen LogP contribution in [0.4, 0.5) is 0 Å². The number of nitrogens with zero attached hydrogens (tertiary/aromatic N) is 1. The summed E-state index contributed by atoms with van der Waals surface area (Å²) in [7, 11) is 0. The number of hydrogen-bond donors (Lipinski definition) is 2. The Bertz CT molecular complexity index is 274. The van der Waals surface area contributed by atoms with E-state index >= 15 is 0 Å². The van der Waals surface area contributed by atoms with Crippen LogP contribution in [-0.2, 0) is 0 Å². The van der Waals surface area contributed by atoms with Crippen molar-refractivity contribution < 1.29 is 5.11 Å². The first-order valence-electron chi connectivity index (χ1n) is 8.76. The number of piperidine rings is 1. The molecule has 0 aromatic rings. The number of aliphatic hydroxyl groups is 1. The lowest BCUT2D eigenvalue weighted by Crippen LogP contribution is -2.49. The molecule has 3 heteroatoms. The summed E-state index contributed by atoms with van der Waals surface area (Å²) < 4.78 is 0. The SMILES string of the molecule is CCNCC1(CN2CCC(O)C(C)C2)CCCCCC1. The summed E-state index contributed by atoms with van der Waals surface area (Å²) in [5.41, 5.74) is 0.481. The number of rotatable bonds is 5. The predicted octanol–water partition coefficient (Wildman–Crippen LogP) is 2.64. The van der Waals surface area contributed by atoms with Crippen LogP contribution in [0.3, 0.4) is 0 Å². The molecule has 0 amide bonds. The molecule has 0 bridgehead atoms. The van der Waals surface area contributed by atoms with Crippen molar-refractivity contribution in [2.24, 2.45) is 11.3 Å². The van der Waals surface area contributed by atoms with Gasteiger partial charge in [-0.1, -0.05) is 39.5 Å². The smallest absolute Gasteiger partial charge is 0.0590 e. The molecule has 2 fully saturated rings. The molecule has 20 heavy (non-hydrogen) atoms. The maximum atomic E-state index is 9.91. The molecule has 1 heterocycles. The van der Waals surface area contributed by atoms with Crippen LogP contribution in [-0.4, -0.2) is 48.8 Å². The van der Waals surface area contributed by atoms with Gasteiger partial charge in [0.15, 0.2) is 0 Å². The minimum atomic E-state index is -0.0786. The van der Waals surface area contributed by atoms with E-state index in [0.717, 1.165) is 26.1 Å². The Kier molecular flexibility index (Phi) is 6.31. The normalized spacial score (nSPS) is 31.9. The molecular weight excluding hydrogens is 248 g/mol. The van der Waals surface area contributed by atoms with Gasteiger partial charge in [-0.3, -0.25) is 0 Å². The van der Waals surface area contributed by atoms with E-state index in [1.807, 2.05) is 0 Å². The zero-order chi connectivity index (χ0) is 14.4. The zero-order valence-corrected chi connectivity index (χ0v) is 13.5. The Morgan fingerprint density at radius 1 is 1.20 bits per heavy atom. The maximum absolute atomic E-state index is 9.91. The third kappa shape index (κ3) is 4.44. The topological polar surface area (TPSA) is 35.5 Å². The lowest BCUT2D eigenvalue weighted by molar-refractivity contribution is 0.0130. The van der Waals surface area contributed by atoms with E-state index in [0.29, 0.717) is 11.3 Å². The summed E-state index contributed by atoms with van der Waals surface area (Å²) >= 11 is 0. The molecule has 1 aliphatic heterocycles. The summed E-state index contributed by atoms with van der Waals surface area (Å²) in [6.07, 6.45) is 9.28. The van der Waals surface area contributed by atoms with Gasteiger partial charge in [0.1, 0.15) is 0 Å². The van der Waals surface area contributed by atoms with Gasteiger partial charge in [0.05, 0.1) is 6.10 Å². The highest BCUT2D eigenvalue weighted by molar-refractivity contribution is 4.89. The van der Waals surface area contributed by atoms with Gasteiger partial charge in [0.2, 0.25) is 0 Å². The van der Waals surface area contributed by atoms with Crippen LogP contribution in [0.1, 0.15) is 58.8 Å². The molecule has 1 saturated heterocycles. The fraction of sp³-hybridized carbons (Fsp3) is 1.00. The van der Waals surface area contributed by atoms with E-state index in [1.165, 1.54) is 51.6 Å². The van der Waals surface area contributed by atoms with Gasteiger partial charge < -0.3 is 15.3 Å². The Balaban J connectivity index is 1.95. The fourth-order valence-corrected chi connectivity index (χ4v) is 4.10. The maximum Gasteiger partial charge on any atom is 0.0590 e. The summed E-state index contributed by atoms with van der Waals surface area (Å²) in [6, 6.07) is 0. The van der Waals surface area contributed by atoms with Gasteiger partial charge in [-0.15, -0.1) is 0 Å². The molecule has 118 valence electrons. The van der Waals surface area contributed by atoms with E-state index in [2.05, 4.69) is 24.1 Å². The third-order valence-electron chi connectivity index (χ3n) is 5.42. The van der Waals surface area contributed by atoms with Crippen LogP contribution >= 0.6 is 0 Å². The summed E-state index contributed by atoms with van der Waals surface area (Å²) in [5, 5.41) is 13.5. The molecule has 2 rings (SSSR count). The van der Waals surface area contributed by atoms with E-state index in [9.17, 15) is 5.11 Å². The molecule has 0 aromatic carbocycles. The van der Waals surface area contributed by atoms with Gasteiger partial charge in [-0.25, -0.2) is 0 Å². The molecule has 1 aliphatic carbocycles. The van der Waals surface area contributed by atoms with Gasteiger partial charge in [-0.05, 0) is 37.1 Å². The molecule has 2 N–H and O–H groups in total. The van der Waals surface area contributed by atoms with Crippen LogP contribution in [0.2, 0.25) is 0 Å². The summed E-state index contributed by atoms with van der Waals surface area (Å²) in [6.45, 7) is 10.1. The van der Waals surface area contributed by atoms with E-state index in [-0.39, 0.29) is 6.10 Å². The molecule has 1 saturated carbocycles.